The Morgan fingerprint density at radius 2 is 1.75 bits per heavy atom. The van der Waals surface area contributed by atoms with Crippen LogP contribution in [0.3, 0.4) is 0 Å². The number of aryl methyl sites for hydroxylation is 1. The second kappa shape index (κ2) is 9.96. The molecule has 0 heterocycles. The fraction of sp³-hybridized carbons (Fsp3) is 0.600. The average molecular weight is 308 g/mol. The summed E-state index contributed by atoms with van der Waals surface area (Å²) >= 11 is 0. The molecule has 0 aliphatic heterocycles. The van der Waals surface area contributed by atoms with Gasteiger partial charge in [-0.15, -0.1) is 0 Å². The van der Waals surface area contributed by atoms with E-state index in [1.807, 2.05) is 31.2 Å². The Morgan fingerprint density at radius 3 is 2.25 bits per heavy atom. The SMILES string of the molecule is CCCCCCC(CS(=O)(=O)O)c1ccc(C)cc1.[H-].[Na+]. The van der Waals surface area contributed by atoms with Crippen LogP contribution in [0.25, 0.3) is 0 Å². The Hall–Kier alpha value is 0.130. The molecule has 1 rings (SSSR count). The van der Waals surface area contributed by atoms with Crippen molar-refractivity contribution < 1.29 is 44.0 Å². The first-order valence-corrected chi connectivity index (χ1v) is 8.55. The van der Waals surface area contributed by atoms with Crippen LogP contribution in [0.15, 0.2) is 24.3 Å². The fourth-order valence-electron chi connectivity index (χ4n) is 2.26. The van der Waals surface area contributed by atoms with E-state index in [1.165, 1.54) is 6.42 Å². The van der Waals surface area contributed by atoms with Crippen LogP contribution < -0.4 is 29.6 Å². The van der Waals surface area contributed by atoms with E-state index < -0.39 is 10.1 Å². The maximum Gasteiger partial charge on any atom is 1.00 e. The number of benzene rings is 1. The molecule has 5 heteroatoms. The maximum absolute atomic E-state index is 11.1. The second-order valence-corrected chi connectivity index (χ2v) is 6.70. The van der Waals surface area contributed by atoms with Crippen molar-refractivity contribution in [2.24, 2.45) is 0 Å². The molecule has 1 N–H and O–H groups in total. The molecule has 1 unspecified atom stereocenters. The number of hydrogen-bond donors (Lipinski definition) is 1. The molecule has 0 saturated heterocycles. The minimum absolute atomic E-state index is 0. The monoisotopic (exact) mass is 308 g/mol. The third-order valence-corrected chi connectivity index (χ3v) is 4.19. The molecular weight excluding hydrogens is 283 g/mol. The van der Waals surface area contributed by atoms with E-state index in [-0.39, 0.29) is 42.7 Å². The van der Waals surface area contributed by atoms with Gasteiger partial charge >= 0.3 is 29.6 Å². The molecule has 0 radical (unpaired) electrons. The zero-order chi connectivity index (χ0) is 14.3. The summed E-state index contributed by atoms with van der Waals surface area (Å²) in [6.07, 6.45) is 5.26. The van der Waals surface area contributed by atoms with Gasteiger partial charge in [-0.05, 0) is 18.9 Å². The van der Waals surface area contributed by atoms with Gasteiger partial charge in [0.1, 0.15) is 0 Å². The molecule has 0 saturated carbocycles. The minimum atomic E-state index is -3.92. The zero-order valence-corrected chi connectivity index (χ0v) is 15.6. The summed E-state index contributed by atoms with van der Waals surface area (Å²) in [6.45, 7) is 4.15. The minimum Gasteiger partial charge on any atom is -1.00 e. The molecule has 1 atom stereocenters. The van der Waals surface area contributed by atoms with Gasteiger partial charge in [-0.3, -0.25) is 4.55 Å². The number of hydrogen-bond acceptors (Lipinski definition) is 2. The molecule has 0 spiro atoms. The first-order valence-electron chi connectivity index (χ1n) is 6.94. The van der Waals surface area contributed by atoms with Crippen molar-refractivity contribution in [3.8, 4) is 0 Å². The number of unbranched alkanes of at least 4 members (excludes halogenated alkanes) is 3. The molecule has 1 aromatic carbocycles. The first kappa shape index (κ1) is 20.1. The summed E-state index contributed by atoms with van der Waals surface area (Å²) in [5.41, 5.74) is 2.15. The Kier molecular flexibility index (Phi) is 10.0. The molecule has 1 aromatic rings. The molecule has 0 bridgehead atoms. The quantitative estimate of drug-likeness (QED) is 0.444. The van der Waals surface area contributed by atoms with E-state index in [0.717, 1.165) is 36.8 Å². The predicted octanol–water partition coefficient (Wildman–Crippen LogP) is 1.05. The normalized spacial score (nSPS) is 12.8. The van der Waals surface area contributed by atoms with Gasteiger partial charge in [-0.25, -0.2) is 0 Å². The third kappa shape index (κ3) is 8.42. The molecule has 110 valence electrons. The van der Waals surface area contributed by atoms with Crippen molar-refractivity contribution >= 4 is 10.1 Å². The van der Waals surface area contributed by atoms with Crippen molar-refractivity contribution in [2.75, 3.05) is 5.75 Å². The van der Waals surface area contributed by atoms with Gasteiger partial charge < -0.3 is 1.43 Å². The van der Waals surface area contributed by atoms with Crippen molar-refractivity contribution in [3.05, 3.63) is 35.4 Å². The van der Waals surface area contributed by atoms with E-state index >= 15 is 0 Å². The van der Waals surface area contributed by atoms with Crippen LogP contribution in [0.5, 0.6) is 0 Å². The molecule has 3 nitrogen and oxygen atoms in total. The number of rotatable bonds is 8. The van der Waals surface area contributed by atoms with Crippen molar-refractivity contribution in [3.63, 3.8) is 0 Å². The summed E-state index contributed by atoms with van der Waals surface area (Å²) in [5, 5.41) is 0. The smallest absolute Gasteiger partial charge is 1.00 e. The van der Waals surface area contributed by atoms with Crippen molar-refractivity contribution in [2.45, 2.75) is 51.9 Å². The molecule has 0 fully saturated rings. The van der Waals surface area contributed by atoms with E-state index in [1.54, 1.807) is 0 Å². The molecule has 20 heavy (non-hydrogen) atoms. The van der Waals surface area contributed by atoms with Crippen LogP contribution in [-0.4, -0.2) is 18.7 Å². The molecule has 0 aliphatic rings. The van der Waals surface area contributed by atoms with Gasteiger partial charge in [0.2, 0.25) is 0 Å². The Bertz CT molecular complexity index is 474. The predicted molar refractivity (Wildman–Crippen MR) is 80.2 cm³/mol. The standard InChI is InChI=1S/C15H24O3S.Na.H/c1-3-4-5-6-7-15(12-19(16,17)18)14-10-8-13(2)9-11-14;;/h8-11,15H,3-7,12H2,1-2H3,(H,16,17,18);;/q;+1;-1. The van der Waals surface area contributed by atoms with Crippen LogP contribution in [0, 0.1) is 6.92 Å². The summed E-state index contributed by atoms with van der Waals surface area (Å²) in [7, 11) is -3.92. The molecule has 0 aromatic heterocycles. The van der Waals surface area contributed by atoms with Gasteiger partial charge in [0.05, 0.1) is 5.75 Å². The topological polar surface area (TPSA) is 54.4 Å². The fourth-order valence-corrected chi connectivity index (χ4v) is 3.12. The van der Waals surface area contributed by atoms with Gasteiger partial charge in [0.15, 0.2) is 0 Å². The van der Waals surface area contributed by atoms with Gasteiger partial charge in [-0.2, -0.15) is 8.42 Å². The van der Waals surface area contributed by atoms with Crippen LogP contribution in [0.2, 0.25) is 0 Å². The largest absolute Gasteiger partial charge is 1.00 e. The Labute approximate surface area is 146 Å². The van der Waals surface area contributed by atoms with Gasteiger partial charge in [0.25, 0.3) is 10.1 Å². The molecule has 0 aliphatic carbocycles. The summed E-state index contributed by atoms with van der Waals surface area (Å²) < 4.78 is 31.3. The Morgan fingerprint density at radius 1 is 1.15 bits per heavy atom. The van der Waals surface area contributed by atoms with Crippen LogP contribution in [0.4, 0.5) is 0 Å². The Balaban J connectivity index is 0. The first-order chi connectivity index (χ1) is 8.92. The summed E-state index contributed by atoms with van der Waals surface area (Å²) in [6, 6.07) is 7.90. The molecular formula is C15H25NaO3S. The van der Waals surface area contributed by atoms with E-state index in [4.69, 9.17) is 4.55 Å². The molecule has 0 amide bonds. The van der Waals surface area contributed by atoms with Crippen molar-refractivity contribution in [1.29, 1.82) is 0 Å². The zero-order valence-electron chi connectivity index (χ0n) is 13.8. The second-order valence-electron chi connectivity index (χ2n) is 5.21. The van der Waals surface area contributed by atoms with E-state index in [0.29, 0.717) is 0 Å². The van der Waals surface area contributed by atoms with Crippen LogP contribution in [0.1, 0.15) is 57.5 Å². The van der Waals surface area contributed by atoms with Gasteiger partial charge in [-0.1, -0.05) is 62.4 Å². The third-order valence-electron chi connectivity index (χ3n) is 3.37. The van der Waals surface area contributed by atoms with Gasteiger partial charge in [0, 0.05) is 5.92 Å². The van der Waals surface area contributed by atoms with Crippen LogP contribution >= 0.6 is 0 Å². The average Bonchev–Trinajstić information content (AvgIpc) is 2.33. The van der Waals surface area contributed by atoms with E-state index in [9.17, 15) is 8.42 Å². The van der Waals surface area contributed by atoms with E-state index in [2.05, 4.69) is 6.92 Å². The maximum atomic E-state index is 11.1. The summed E-state index contributed by atoms with van der Waals surface area (Å²) in [4.78, 5) is 0. The summed E-state index contributed by atoms with van der Waals surface area (Å²) in [5.74, 6) is -0.283. The van der Waals surface area contributed by atoms with Crippen molar-refractivity contribution in [1.82, 2.24) is 0 Å². The van der Waals surface area contributed by atoms with Crippen LogP contribution in [-0.2, 0) is 10.1 Å².